The van der Waals surface area contributed by atoms with E-state index in [4.69, 9.17) is 26.1 Å². The Morgan fingerprint density at radius 2 is 1.64 bits per heavy atom. The normalized spacial score (nSPS) is 15.3. The summed E-state index contributed by atoms with van der Waals surface area (Å²) >= 11 is 4.80. The van der Waals surface area contributed by atoms with Crippen LogP contribution in [0.1, 0.15) is 110 Å². The summed E-state index contributed by atoms with van der Waals surface area (Å²) in [5.41, 5.74) is 6.95. The van der Waals surface area contributed by atoms with E-state index in [1.165, 1.54) is 22.9 Å². The van der Waals surface area contributed by atoms with Crippen molar-refractivity contribution in [3.8, 4) is 22.8 Å². The molecule has 2 aromatic heterocycles. The van der Waals surface area contributed by atoms with Crippen molar-refractivity contribution >= 4 is 29.1 Å². The summed E-state index contributed by atoms with van der Waals surface area (Å²) in [5, 5.41) is 14.0. The lowest BCUT2D eigenvalue weighted by molar-refractivity contribution is 0.0695. The maximum absolute atomic E-state index is 12.3. The van der Waals surface area contributed by atoms with Crippen molar-refractivity contribution in [1.82, 2.24) is 19.7 Å². The van der Waals surface area contributed by atoms with Crippen molar-refractivity contribution in [2.75, 3.05) is 26.3 Å². The first-order valence-corrected chi connectivity index (χ1v) is 19.0. The van der Waals surface area contributed by atoms with Crippen LogP contribution < -0.4 is 4.74 Å². The van der Waals surface area contributed by atoms with Crippen LogP contribution in [0.5, 0.6) is 5.75 Å². The van der Waals surface area contributed by atoms with E-state index in [0.29, 0.717) is 50.2 Å². The van der Waals surface area contributed by atoms with Gasteiger partial charge in [-0.05, 0) is 98.2 Å². The van der Waals surface area contributed by atoms with Crippen LogP contribution in [0.3, 0.4) is 0 Å². The molecule has 6 rings (SSSR count). The number of rotatable bonds is 12. The van der Waals surface area contributed by atoms with E-state index >= 15 is 0 Å². The Hall–Kier alpha value is -4.90. The zero-order chi connectivity index (χ0) is 37.9. The van der Waals surface area contributed by atoms with Gasteiger partial charge in [0, 0.05) is 35.8 Å². The van der Waals surface area contributed by atoms with Gasteiger partial charge in [0.15, 0.2) is 5.82 Å². The molecule has 3 heterocycles. The highest BCUT2D eigenvalue weighted by molar-refractivity contribution is 6.61. The molecule has 0 saturated carbocycles. The van der Waals surface area contributed by atoms with Gasteiger partial charge in [0.1, 0.15) is 17.4 Å². The molecule has 0 spiro atoms. The summed E-state index contributed by atoms with van der Waals surface area (Å²) in [6, 6.07) is 18.6. The number of carboxylic acids is 1. The van der Waals surface area contributed by atoms with Gasteiger partial charge in [-0.1, -0.05) is 58.0 Å². The molecule has 1 amide bonds. The van der Waals surface area contributed by atoms with Crippen molar-refractivity contribution in [3.05, 3.63) is 94.3 Å². The first-order chi connectivity index (χ1) is 25.7. The average Bonchev–Trinajstić information content (AvgIpc) is 3.81. The second-order valence-corrected chi connectivity index (χ2v) is 13.5. The second kappa shape index (κ2) is 18.7. The van der Waals surface area contributed by atoms with Crippen LogP contribution in [0, 0.1) is 0 Å². The molecule has 11 nitrogen and oxygen atoms in total. The molecular weight excluding hydrogens is 696 g/mol. The van der Waals surface area contributed by atoms with Gasteiger partial charge in [-0.2, -0.15) is 5.10 Å². The van der Waals surface area contributed by atoms with Gasteiger partial charge in [0.05, 0.1) is 30.8 Å². The topological polar surface area (TPSA) is 133 Å². The first-order valence-electron chi connectivity index (χ1n) is 18.6. The Morgan fingerprint density at radius 1 is 0.906 bits per heavy atom. The van der Waals surface area contributed by atoms with Gasteiger partial charge in [0.2, 0.25) is 0 Å². The number of hydrogen-bond acceptors (Lipinski definition) is 8. The fraction of sp³-hybridized carbons (Fsp3) is 0.439. The van der Waals surface area contributed by atoms with Crippen LogP contribution in [-0.4, -0.2) is 68.6 Å². The van der Waals surface area contributed by atoms with Gasteiger partial charge < -0.3 is 24.2 Å². The number of halogens is 1. The van der Waals surface area contributed by atoms with Crippen LogP contribution in [0.25, 0.3) is 17.1 Å². The standard InChI is InChI=1S/C37H42N4O5.C4H7ClO2/c1-4-21-45-37(44)40-19-17-25(18-20-40)28-15-14-27(22-24(28)5-2)46-33-16-13-26-9-7-10-29(35(26)33)31-11-8-12-34(39-31)41-32(6-3)30(23-38-41)36(42)43;1-2-3-7-4(5)6/h7-12,14-15,22-23,25,33H,4-6,13,16-21H2,1-3H3,(H,42,43);2-3H2,1H3. The molecule has 0 radical (unpaired) electrons. The Bertz CT molecular complexity index is 1890. The molecule has 1 atom stereocenters. The highest BCUT2D eigenvalue weighted by Crippen LogP contribution is 2.42. The summed E-state index contributed by atoms with van der Waals surface area (Å²) in [5.74, 6) is 0.864. The van der Waals surface area contributed by atoms with Gasteiger partial charge in [-0.15, -0.1) is 0 Å². The largest absolute Gasteiger partial charge is 0.486 e. The fourth-order valence-corrected chi connectivity index (χ4v) is 7.20. The fourth-order valence-electron chi connectivity index (χ4n) is 7.12. The van der Waals surface area contributed by atoms with Crippen LogP contribution in [0.15, 0.2) is 60.8 Å². The predicted molar refractivity (Wildman–Crippen MR) is 203 cm³/mol. The number of piperidine rings is 1. The summed E-state index contributed by atoms with van der Waals surface area (Å²) < 4.78 is 18.0. The van der Waals surface area contributed by atoms with E-state index < -0.39 is 11.4 Å². The summed E-state index contributed by atoms with van der Waals surface area (Å²) in [6.07, 6.45) is 7.82. The third-order valence-corrected chi connectivity index (χ3v) is 9.78. The number of hydrogen-bond donors (Lipinski definition) is 1. The van der Waals surface area contributed by atoms with Crippen molar-refractivity contribution in [3.63, 3.8) is 0 Å². The van der Waals surface area contributed by atoms with Crippen molar-refractivity contribution in [2.45, 2.75) is 91.1 Å². The molecule has 282 valence electrons. The van der Waals surface area contributed by atoms with Crippen molar-refractivity contribution in [2.24, 2.45) is 0 Å². The van der Waals surface area contributed by atoms with E-state index in [-0.39, 0.29) is 17.8 Å². The molecule has 4 aromatic rings. The molecule has 1 aliphatic carbocycles. The number of carboxylic acid groups (broad SMARTS) is 1. The van der Waals surface area contributed by atoms with E-state index in [0.717, 1.165) is 67.5 Å². The number of benzene rings is 2. The Balaban J connectivity index is 0.000000705. The molecule has 1 aliphatic heterocycles. The van der Waals surface area contributed by atoms with E-state index in [9.17, 15) is 19.5 Å². The number of ether oxygens (including phenoxy) is 3. The number of carbonyl (C=O) groups is 3. The third-order valence-electron chi connectivity index (χ3n) is 9.67. The van der Waals surface area contributed by atoms with Crippen LogP contribution in [-0.2, 0) is 28.7 Å². The van der Waals surface area contributed by atoms with E-state index in [2.05, 4.69) is 53.2 Å². The number of aromatic carboxylic acids is 1. The zero-order valence-corrected chi connectivity index (χ0v) is 31.7. The predicted octanol–water partition coefficient (Wildman–Crippen LogP) is 9.32. The third kappa shape index (κ3) is 9.56. The number of likely N-dealkylation sites (tertiary alicyclic amines) is 1. The zero-order valence-electron chi connectivity index (χ0n) is 31.0. The first kappa shape index (κ1) is 39.3. The van der Waals surface area contributed by atoms with Gasteiger partial charge in [0.25, 0.3) is 0 Å². The van der Waals surface area contributed by atoms with E-state index in [1.807, 2.05) is 43.9 Å². The number of fused-ring (bicyclic) bond motifs is 1. The minimum absolute atomic E-state index is 0.112. The maximum Gasteiger partial charge on any atom is 0.409 e. The summed E-state index contributed by atoms with van der Waals surface area (Å²) in [7, 11) is 0. The molecule has 53 heavy (non-hydrogen) atoms. The van der Waals surface area contributed by atoms with Crippen LogP contribution in [0.4, 0.5) is 9.59 Å². The monoisotopic (exact) mass is 744 g/mol. The minimum Gasteiger partial charge on any atom is -0.486 e. The molecule has 2 aromatic carbocycles. The number of pyridine rings is 1. The van der Waals surface area contributed by atoms with Gasteiger partial charge in [-0.3, -0.25) is 0 Å². The number of carbonyl (C=O) groups excluding carboxylic acids is 2. The molecule has 1 N–H and O–H groups in total. The Kier molecular flexibility index (Phi) is 13.9. The Morgan fingerprint density at radius 3 is 2.30 bits per heavy atom. The molecule has 1 fully saturated rings. The number of aryl methyl sites for hydroxylation is 2. The van der Waals surface area contributed by atoms with E-state index in [1.54, 1.807) is 4.68 Å². The molecule has 1 saturated heterocycles. The second-order valence-electron chi connectivity index (χ2n) is 13.2. The van der Waals surface area contributed by atoms with Crippen LogP contribution >= 0.6 is 11.6 Å². The quantitative estimate of drug-likeness (QED) is 0.141. The van der Waals surface area contributed by atoms with Crippen molar-refractivity contribution < 1.29 is 33.7 Å². The smallest absolute Gasteiger partial charge is 0.409 e. The van der Waals surface area contributed by atoms with Crippen molar-refractivity contribution in [1.29, 1.82) is 0 Å². The summed E-state index contributed by atoms with van der Waals surface area (Å²) in [6.45, 7) is 10.3. The maximum atomic E-state index is 12.3. The Labute approximate surface area is 316 Å². The molecule has 1 unspecified atom stereocenters. The lowest BCUT2D eigenvalue weighted by Crippen LogP contribution is -2.38. The van der Waals surface area contributed by atoms with Crippen LogP contribution in [0.2, 0.25) is 0 Å². The number of nitrogens with zero attached hydrogens (tertiary/aromatic N) is 4. The number of aromatic nitrogens is 3. The molecule has 0 bridgehead atoms. The molecular formula is C41H49ClN4O7. The molecule has 12 heteroatoms. The van der Waals surface area contributed by atoms with Gasteiger partial charge >= 0.3 is 17.5 Å². The SMILES string of the molecule is CCCOC(=O)Cl.CCCOC(=O)N1CCC(c2ccc(OC3CCc4cccc(-c5cccc(-n6ncc(C(=O)O)c6CC)n5)c43)cc2CC)CC1. The lowest BCUT2D eigenvalue weighted by Gasteiger charge is -2.32. The minimum atomic E-state index is -0.992. The number of amides is 1. The highest BCUT2D eigenvalue weighted by atomic mass is 35.5. The highest BCUT2D eigenvalue weighted by Gasteiger charge is 2.30. The molecule has 2 aliphatic rings. The summed E-state index contributed by atoms with van der Waals surface area (Å²) in [4.78, 5) is 40.6. The lowest BCUT2D eigenvalue weighted by atomic mass is 9.86. The average molecular weight is 745 g/mol. The van der Waals surface area contributed by atoms with Gasteiger partial charge in [-0.25, -0.2) is 24.0 Å².